The summed E-state index contributed by atoms with van der Waals surface area (Å²) in [5, 5.41) is 2.78. The summed E-state index contributed by atoms with van der Waals surface area (Å²) >= 11 is 0. The molecule has 150 valence electrons. The van der Waals surface area contributed by atoms with E-state index in [0.717, 1.165) is 29.7 Å². The number of amides is 4. The van der Waals surface area contributed by atoms with E-state index in [1.165, 1.54) is 4.90 Å². The SMILES string of the molecule is C=C(C)CN(CC)C(=O)COC(=O)CN1C(=O)N[C@]2(CCCC[C@@H]2C)C1=O. The number of hydrogen-bond donors (Lipinski definition) is 1. The average molecular weight is 379 g/mol. The van der Waals surface area contributed by atoms with Crippen LogP contribution in [-0.4, -0.2) is 65.4 Å². The predicted molar refractivity (Wildman–Crippen MR) is 98.6 cm³/mol. The summed E-state index contributed by atoms with van der Waals surface area (Å²) in [5.41, 5.74) is -0.0888. The van der Waals surface area contributed by atoms with E-state index in [2.05, 4.69) is 11.9 Å². The Morgan fingerprint density at radius 3 is 2.67 bits per heavy atom. The highest BCUT2D eigenvalue weighted by atomic mass is 16.5. The van der Waals surface area contributed by atoms with Gasteiger partial charge in [-0.2, -0.15) is 0 Å². The van der Waals surface area contributed by atoms with Gasteiger partial charge in [0.2, 0.25) is 0 Å². The normalized spacial score (nSPS) is 24.7. The van der Waals surface area contributed by atoms with Crippen molar-refractivity contribution in [3.63, 3.8) is 0 Å². The van der Waals surface area contributed by atoms with Gasteiger partial charge in [-0.3, -0.25) is 19.3 Å². The zero-order chi connectivity index (χ0) is 20.2. The molecule has 0 aromatic heterocycles. The van der Waals surface area contributed by atoms with Crippen LogP contribution in [0.2, 0.25) is 0 Å². The summed E-state index contributed by atoms with van der Waals surface area (Å²) < 4.78 is 5.00. The molecule has 4 amide bonds. The number of rotatable bonds is 7. The van der Waals surface area contributed by atoms with Crippen LogP contribution in [0.1, 0.15) is 46.5 Å². The van der Waals surface area contributed by atoms with Gasteiger partial charge < -0.3 is 15.0 Å². The van der Waals surface area contributed by atoms with E-state index < -0.39 is 30.7 Å². The van der Waals surface area contributed by atoms with E-state index in [0.29, 0.717) is 19.5 Å². The van der Waals surface area contributed by atoms with Gasteiger partial charge in [-0.15, -0.1) is 0 Å². The highest BCUT2D eigenvalue weighted by molar-refractivity contribution is 6.09. The molecule has 1 N–H and O–H groups in total. The monoisotopic (exact) mass is 379 g/mol. The van der Waals surface area contributed by atoms with Gasteiger partial charge in [0.15, 0.2) is 6.61 Å². The second kappa shape index (κ2) is 8.54. The van der Waals surface area contributed by atoms with E-state index in [1.807, 2.05) is 20.8 Å². The number of carbonyl (C=O) groups excluding carboxylic acids is 4. The molecule has 1 heterocycles. The van der Waals surface area contributed by atoms with Crippen molar-refractivity contribution in [3.8, 4) is 0 Å². The number of carbonyl (C=O) groups is 4. The summed E-state index contributed by atoms with van der Waals surface area (Å²) in [6.45, 7) is 9.28. The number of ether oxygens (including phenoxy) is 1. The number of likely N-dealkylation sites (N-methyl/N-ethyl adjacent to an activating group) is 1. The molecule has 0 radical (unpaired) electrons. The molecule has 2 aliphatic rings. The molecule has 1 saturated heterocycles. The Morgan fingerprint density at radius 1 is 1.37 bits per heavy atom. The Kier molecular flexibility index (Phi) is 6.62. The fourth-order valence-electron chi connectivity index (χ4n) is 3.75. The standard InChI is InChI=1S/C19H29N3O5/c1-5-21(10-13(2)3)15(23)12-27-16(24)11-22-17(25)19(20-18(22)26)9-7-6-8-14(19)4/h14H,2,5-12H2,1,3-4H3,(H,20,26)/t14-,19-/m0/s1. The van der Waals surface area contributed by atoms with Gasteiger partial charge in [0.05, 0.1) is 0 Å². The Balaban J connectivity index is 1.92. The largest absolute Gasteiger partial charge is 0.454 e. The minimum atomic E-state index is -0.911. The van der Waals surface area contributed by atoms with Gasteiger partial charge >= 0.3 is 12.0 Å². The van der Waals surface area contributed by atoms with E-state index in [-0.39, 0.29) is 17.7 Å². The summed E-state index contributed by atoms with van der Waals surface area (Å²) in [4.78, 5) is 51.7. The van der Waals surface area contributed by atoms with Gasteiger partial charge in [-0.25, -0.2) is 4.79 Å². The zero-order valence-corrected chi connectivity index (χ0v) is 16.4. The van der Waals surface area contributed by atoms with Gasteiger partial charge in [0, 0.05) is 13.1 Å². The fraction of sp³-hybridized carbons (Fsp3) is 0.684. The van der Waals surface area contributed by atoms with Crippen molar-refractivity contribution in [1.29, 1.82) is 0 Å². The van der Waals surface area contributed by atoms with Crippen LogP contribution in [0.25, 0.3) is 0 Å². The number of nitrogens with zero attached hydrogens (tertiary/aromatic N) is 2. The highest BCUT2D eigenvalue weighted by Gasteiger charge is 2.55. The molecule has 27 heavy (non-hydrogen) atoms. The second-order valence-electron chi connectivity index (χ2n) is 7.47. The maximum Gasteiger partial charge on any atom is 0.326 e. The third-order valence-corrected chi connectivity index (χ3v) is 5.34. The number of urea groups is 1. The zero-order valence-electron chi connectivity index (χ0n) is 16.4. The van der Waals surface area contributed by atoms with Gasteiger partial charge in [0.1, 0.15) is 12.1 Å². The Hall–Kier alpha value is -2.38. The molecule has 8 nitrogen and oxygen atoms in total. The molecule has 0 bridgehead atoms. The summed E-state index contributed by atoms with van der Waals surface area (Å²) in [5.74, 6) is -1.48. The molecule has 1 saturated carbocycles. The first kappa shape index (κ1) is 20.9. The number of nitrogens with one attached hydrogen (secondary N) is 1. The molecule has 0 unspecified atom stereocenters. The lowest BCUT2D eigenvalue weighted by molar-refractivity contribution is -0.154. The summed E-state index contributed by atoms with van der Waals surface area (Å²) in [6, 6.07) is -0.575. The first-order valence-corrected chi connectivity index (χ1v) is 9.43. The first-order chi connectivity index (χ1) is 12.7. The van der Waals surface area contributed by atoms with Crippen LogP contribution in [0.4, 0.5) is 4.79 Å². The molecule has 1 spiro atoms. The third-order valence-electron chi connectivity index (χ3n) is 5.34. The van der Waals surface area contributed by atoms with E-state index in [9.17, 15) is 19.2 Å². The van der Waals surface area contributed by atoms with E-state index in [4.69, 9.17) is 4.74 Å². The predicted octanol–water partition coefficient (Wildman–Crippen LogP) is 1.45. The Labute approximate surface area is 159 Å². The molecule has 2 rings (SSSR count). The van der Waals surface area contributed by atoms with Crippen LogP contribution in [0.15, 0.2) is 12.2 Å². The Morgan fingerprint density at radius 2 is 2.07 bits per heavy atom. The van der Waals surface area contributed by atoms with E-state index >= 15 is 0 Å². The van der Waals surface area contributed by atoms with Crippen LogP contribution in [0, 0.1) is 5.92 Å². The van der Waals surface area contributed by atoms with Crippen molar-refractivity contribution in [2.45, 2.75) is 52.0 Å². The third kappa shape index (κ3) is 4.48. The van der Waals surface area contributed by atoms with Gasteiger partial charge in [-0.1, -0.05) is 31.9 Å². The minimum Gasteiger partial charge on any atom is -0.454 e. The topological polar surface area (TPSA) is 96.0 Å². The van der Waals surface area contributed by atoms with Crippen LogP contribution < -0.4 is 5.32 Å². The van der Waals surface area contributed by atoms with Crippen LogP contribution in [0.5, 0.6) is 0 Å². The smallest absolute Gasteiger partial charge is 0.326 e. The van der Waals surface area contributed by atoms with Crippen molar-refractivity contribution < 1.29 is 23.9 Å². The van der Waals surface area contributed by atoms with E-state index in [1.54, 1.807) is 0 Å². The summed E-state index contributed by atoms with van der Waals surface area (Å²) in [6.07, 6.45) is 3.32. The second-order valence-corrected chi connectivity index (χ2v) is 7.47. The molecular formula is C19H29N3O5. The summed E-state index contributed by atoms with van der Waals surface area (Å²) in [7, 11) is 0. The molecule has 0 aromatic rings. The molecular weight excluding hydrogens is 350 g/mol. The molecule has 0 aromatic carbocycles. The maximum absolute atomic E-state index is 12.8. The van der Waals surface area contributed by atoms with Crippen molar-refractivity contribution in [3.05, 3.63) is 12.2 Å². The van der Waals surface area contributed by atoms with Crippen LogP contribution in [-0.2, 0) is 19.1 Å². The molecule has 2 fully saturated rings. The number of hydrogen-bond acceptors (Lipinski definition) is 5. The van der Waals surface area contributed by atoms with Crippen LogP contribution >= 0.6 is 0 Å². The van der Waals surface area contributed by atoms with Gasteiger partial charge in [-0.05, 0) is 32.6 Å². The van der Waals surface area contributed by atoms with Crippen molar-refractivity contribution in [2.75, 3.05) is 26.2 Å². The Bertz CT molecular complexity index is 647. The van der Waals surface area contributed by atoms with Crippen LogP contribution in [0.3, 0.4) is 0 Å². The molecule has 2 atom stereocenters. The maximum atomic E-state index is 12.8. The minimum absolute atomic E-state index is 0.0190. The molecule has 8 heteroatoms. The lowest BCUT2D eigenvalue weighted by Crippen LogP contribution is -2.54. The van der Waals surface area contributed by atoms with Gasteiger partial charge in [0.25, 0.3) is 11.8 Å². The van der Waals surface area contributed by atoms with Crippen molar-refractivity contribution >= 4 is 23.8 Å². The molecule has 1 aliphatic carbocycles. The highest BCUT2D eigenvalue weighted by Crippen LogP contribution is 2.38. The average Bonchev–Trinajstić information content (AvgIpc) is 2.85. The lowest BCUT2D eigenvalue weighted by Gasteiger charge is -2.36. The van der Waals surface area contributed by atoms with Crippen molar-refractivity contribution in [2.24, 2.45) is 5.92 Å². The fourth-order valence-corrected chi connectivity index (χ4v) is 3.75. The molecule has 1 aliphatic heterocycles. The number of imide groups is 1. The first-order valence-electron chi connectivity index (χ1n) is 9.43. The number of esters is 1. The van der Waals surface area contributed by atoms with Crippen molar-refractivity contribution in [1.82, 2.24) is 15.1 Å². The quantitative estimate of drug-likeness (QED) is 0.410. The lowest BCUT2D eigenvalue weighted by atomic mass is 9.73.